The van der Waals surface area contributed by atoms with Crippen LogP contribution in [0.2, 0.25) is 0 Å². The Morgan fingerprint density at radius 3 is 2.26 bits per heavy atom. The molecule has 0 bridgehead atoms. The molecule has 1 N–H and O–H groups in total. The third-order valence-corrected chi connectivity index (χ3v) is 4.97. The standard InChI is InChI=1S/C26H26N2O6/c1-17-5-9-22(13-18(17)2)33-16-25(29)28-27-15-19-6-12-23(24(14-19)32-4)34-26(30)20-7-10-21(31-3)11-8-20/h5-15H,16H2,1-4H3,(H,28,29)/b27-15+. The van der Waals surface area contributed by atoms with Crippen LogP contribution in [0.15, 0.2) is 65.8 Å². The van der Waals surface area contributed by atoms with Crippen LogP contribution in [0.5, 0.6) is 23.0 Å². The van der Waals surface area contributed by atoms with Gasteiger partial charge in [-0.1, -0.05) is 6.07 Å². The van der Waals surface area contributed by atoms with E-state index in [1.807, 2.05) is 32.0 Å². The number of carbonyl (C=O) groups excluding carboxylic acids is 2. The summed E-state index contributed by atoms with van der Waals surface area (Å²) in [6.07, 6.45) is 1.45. The van der Waals surface area contributed by atoms with Gasteiger partial charge in [0.1, 0.15) is 11.5 Å². The number of hydrazone groups is 1. The van der Waals surface area contributed by atoms with Gasteiger partial charge in [0.25, 0.3) is 5.91 Å². The molecule has 0 radical (unpaired) electrons. The minimum Gasteiger partial charge on any atom is -0.497 e. The average Bonchev–Trinajstić information content (AvgIpc) is 2.85. The maximum Gasteiger partial charge on any atom is 0.343 e. The first-order chi connectivity index (χ1) is 16.4. The van der Waals surface area contributed by atoms with Gasteiger partial charge in [-0.3, -0.25) is 4.79 Å². The average molecular weight is 463 g/mol. The number of nitrogens with one attached hydrogen (secondary N) is 1. The van der Waals surface area contributed by atoms with Gasteiger partial charge in [-0.05, 0) is 85.1 Å². The van der Waals surface area contributed by atoms with Gasteiger partial charge >= 0.3 is 5.97 Å². The van der Waals surface area contributed by atoms with E-state index < -0.39 is 11.9 Å². The normalized spacial score (nSPS) is 10.6. The number of nitrogens with zero attached hydrogens (tertiary/aromatic N) is 1. The lowest BCUT2D eigenvalue weighted by molar-refractivity contribution is -0.123. The van der Waals surface area contributed by atoms with E-state index in [0.717, 1.165) is 11.1 Å². The molecule has 0 heterocycles. The van der Waals surface area contributed by atoms with Crippen LogP contribution in [-0.4, -0.2) is 38.9 Å². The molecule has 3 aromatic rings. The molecule has 0 saturated heterocycles. The lowest BCUT2D eigenvalue weighted by atomic mass is 10.1. The van der Waals surface area contributed by atoms with Crippen molar-refractivity contribution in [2.24, 2.45) is 5.10 Å². The Labute approximate surface area is 198 Å². The van der Waals surface area contributed by atoms with Crippen molar-refractivity contribution in [3.05, 3.63) is 82.9 Å². The zero-order valence-electron chi connectivity index (χ0n) is 19.5. The number of carbonyl (C=O) groups is 2. The van der Waals surface area contributed by atoms with Gasteiger partial charge < -0.3 is 18.9 Å². The minimum atomic E-state index is -0.529. The molecular formula is C26H26N2O6. The van der Waals surface area contributed by atoms with Gasteiger partial charge in [-0.2, -0.15) is 5.10 Å². The lowest BCUT2D eigenvalue weighted by Crippen LogP contribution is -2.24. The Balaban J connectivity index is 1.56. The van der Waals surface area contributed by atoms with E-state index in [1.54, 1.807) is 49.6 Å². The number of esters is 1. The van der Waals surface area contributed by atoms with E-state index in [9.17, 15) is 9.59 Å². The highest BCUT2D eigenvalue weighted by molar-refractivity contribution is 5.92. The Morgan fingerprint density at radius 2 is 1.59 bits per heavy atom. The summed E-state index contributed by atoms with van der Waals surface area (Å²) in [5.74, 6) is 0.930. The van der Waals surface area contributed by atoms with Crippen molar-refractivity contribution >= 4 is 18.1 Å². The molecule has 0 spiro atoms. The van der Waals surface area contributed by atoms with Gasteiger partial charge in [-0.25, -0.2) is 10.2 Å². The van der Waals surface area contributed by atoms with Gasteiger partial charge in [-0.15, -0.1) is 0 Å². The second-order valence-corrected chi connectivity index (χ2v) is 7.36. The SMILES string of the molecule is COc1ccc(C(=O)Oc2ccc(/C=N/NC(=O)COc3ccc(C)c(C)c3)cc2OC)cc1. The molecule has 34 heavy (non-hydrogen) atoms. The molecular weight excluding hydrogens is 436 g/mol. The molecule has 0 saturated carbocycles. The summed E-state index contributed by atoms with van der Waals surface area (Å²) in [7, 11) is 3.02. The molecule has 3 rings (SSSR count). The number of benzene rings is 3. The van der Waals surface area contributed by atoms with Crippen molar-refractivity contribution in [2.75, 3.05) is 20.8 Å². The highest BCUT2D eigenvalue weighted by Gasteiger charge is 2.13. The Morgan fingerprint density at radius 1 is 0.853 bits per heavy atom. The minimum absolute atomic E-state index is 0.163. The third kappa shape index (κ3) is 6.59. The van der Waals surface area contributed by atoms with Crippen LogP contribution in [0.3, 0.4) is 0 Å². The summed E-state index contributed by atoms with van der Waals surface area (Å²) < 4.78 is 21.3. The van der Waals surface area contributed by atoms with Crippen molar-refractivity contribution in [1.29, 1.82) is 0 Å². The van der Waals surface area contributed by atoms with Gasteiger partial charge in [0.15, 0.2) is 18.1 Å². The maximum absolute atomic E-state index is 12.4. The largest absolute Gasteiger partial charge is 0.497 e. The van der Waals surface area contributed by atoms with E-state index in [2.05, 4.69) is 10.5 Å². The van der Waals surface area contributed by atoms with E-state index >= 15 is 0 Å². The summed E-state index contributed by atoms with van der Waals surface area (Å²) in [6, 6.07) is 17.1. The van der Waals surface area contributed by atoms with Gasteiger partial charge in [0, 0.05) is 0 Å². The van der Waals surface area contributed by atoms with Gasteiger partial charge in [0.05, 0.1) is 26.0 Å². The number of methoxy groups -OCH3 is 2. The summed E-state index contributed by atoms with van der Waals surface area (Å²) >= 11 is 0. The molecule has 3 aromatic carbocycles. The third-order valence-electron chi connectivity index (χ3n) is 4.97. The van der Waals surface area contributed by atoms with Crippen LogP contribution in [0.25, 0.3) is 0 Å². The number of hydrogen-bond donors (Lipinski definition) is 1. The topological polar surface area (TPSA) is 95.5 Å². The lowest BCUT2D eigenvalue weighted by Gasteiger charge is -2.10. The number of ether oxygens (including phenoxy) is 4. The molecule has 1 amide bonds. The number of hydrogen-bond acceptors (Lipinski definition) is 7. The Hall–Kier alpha value is -4.33. The molecule has 0 aliphatic rings. The van der Waals surface area contributed by atoms with E-state index in [1.165, 1.54) is 13.3 Å². The highest BCUT2D eigenvalue weighted by atomic mass is 16.6. The number of rotatable bonds is 9. The predicted molar refractivity (Wildman–Crippen MR) is 128 cm³/mol. The molecule has 0 aliphatic carbocycles. The van der Waals surface area contributed by atoms with E-state index in [0.29, 0.717) is 28.4 Å². The molecule has 0 aromatic heterocycles. The second-order valence-electron chi connectivity index (χ2n) is 7.36. The zero-order chi connectivity index (χ0) is 24.5. The quantitative estimate of drug-likeness (QED) is 0.223. The summed E-state index contributed by atoms with van der Waals surface area (Å²) in [5, 5.41) is 3.94. The summed E-state index contributed by atoms with van der Waals surface area (Å²) in [4.78, 5) is 24.4. The van der Waals surface area contributed by atoms with E-state index in [-0.39, 0.29) is 12.4 Å². The van der Waals surface area contributed by atoms with Gasteiger partial charge in [0.2, 0.25) is 0 Å². The van der Waals surface area contributed by atoms with Crippen molar-refractivity contribution in [2.45, 2.75) is 13.8 Å². The van der Waals surface area contributed by atoms with Crippen LogP contribution in [-0.2, 0) is 4.79 Å². The van der Waals surface area contributed by atoms with Crippen LogP contribution in [0.4, 0.5) is 0 Å². The summed E-state index contributed by atoms with van der Waals surface area (Å²) in [5.41, 5.74) is 5.66. The fraction of sp³-hybridized carbons (Fsp3) is 0.192. The first-order valence-corrected chi connectivity index (χ1v) is 10.5. The predicted octanol–water partition coefficient (Wildman–Crippen LogP) is 4.07. The molecule has 0 fully saturated rings. The molecule has 0 aliphatic heterocycles. The number of amides is 1. The first kappa shape index (κ1) is 24.3. The maximum atomic E-state index is 12.4. The fourth-order valence-electron chi connectivity index (χ4n) is 2.90. The summed E-state index contributed by atoms with van der Waals surface area (Å²) in [6.45, 7) is 3.82. The molecule has 176 valence electrons. The fourth-order valence-corrected chi connectivity index (χ4v) is 2.90. The Kier molecular flexibility index (Phi) is 8.23. The van der Waals surface area contributed by atoms with Crippen molar-refractivity contribution in [3.63, 3.8) is 0 Å². The first-order valence-electron chi connectivity index (χ1n) is 10.5. The number of aryl methyl sites for hydroxylation is 2. The van der Waals surface area contributed by atoms with Crippen LogP contribution in [0.1, 0.15) is 27.0 Å². The Bertz CT molecular complexity index is 1190. The van der Waals surface area contributed by atoms with Crippen molar-refractivity contribution in [1.82, 2.24) is 5.43 Å². The van der Waals surface area contributed by atoms with Crippen LogP contribution >= 0.6 is 0 Å². The second kappa shape index (κ2) is 11.5. The molecule has 0 unspecified atom stereocenters. The smallest absolute Gasteiger partial charge is 0.343 e. The van der Waals surface area contributed by atoms with Crippen LogP contribution < -0.4 is 24.4 Å². The highest BCUT2D eigenvalue weighted by Crippen LogP contribution is 2.28. The molecule has 8 nitrogen and oxygen atoms in total. The molecule has 0 atom stereocenters. The van der Waals surface area contributed by atoms with E-state index in [4.69, 9.17) is 18.9 Å². The van der Waals surface area contributed by atoms with Crippen molar-refractivity contribution < 1.29 is 28.5 Å². The van der Waals surface area contributed by atoms with Crippen molar-refractivity contribution in [3.8, 4) is 23.0 Å². The molecule has 8 heteroatoms. The van der Waals surface area contributed by atoms with Crippen LogP contribution in [0, 0.1) is 13.8 Å². The zero-order valence-corrected chi connectivity index (χ0v) is 19.5. The monoisotopic (exact) mass is 462 g/mol.